The second-order valence-corrected chi connectivity index (χ2v) is 6.06. The van der Waals surface area contributed by atoms with Crippen molar-refractivity contribution in [3.63, 3.8) is 0 Å². The summed E-state index contributed by atoms with van der Waals surface area (Å²) < 4.78 is 0. The van der Waals surface area contributed by atoms with E-state index < -0.39 is 0 Å². The van der Waals surface area contributed by atoms with Gasteiger partial charge in [-0.1, -0.05) is 19.8 Å². The molecule has 1 aliphatic carbocycles. The number of hydrogen-bond donors (Lipinski definition) is 2. The maximum absolute atomic E-state index is 12.1. The third-order valence-electron chi connectivity index (χ3n) is 4.56. The maximum atomic E-state index is 12.1. The molecule has 1 atom stereocenters. The summed E-state index contributed by atoms with van der Waals surface area (Å²) in [7, 11) is 0. The van der Waals surface area contributed by atoms with E-state index >= 15 is 0 Å². The summed E-state index contributed by atoms with van der Waals surface area (Å²) >= 11 is 0. The molecule has 1 aliphatic heterocycles. The van der Waals surface area contributed by atoms with Gasteiger partial charge in [0.2, 0.25) is 5.91 Å². The largest absolute Gasteiger partial charge is 0.353 e. The Morgan fingerprint density at radius 2 is 2.00 bits per heavy atom. The topological polar surface area (TPSA) is 41.1 Å². The Bertz CT molecular complexity index is 253. The Hall–Kier alpha value is -0.570. The number of nitrogens with one attached hydrogen (secondary N) is 2. The molecule has 2 aliphatic rings. The van der Waals surface area contributed by atoms with Gasteiger partial charge in [-0.05, 0) is 51.0 Å². The Kier molecular flexibility index (Phi) is 5.48. The zero-order valence-electron chi connectivity index (χ0n) is 11.7. The van der Waals surface area contributed by atoms with Crippen LogP contribution >= 0.6 is 0 Å². The lowest BCUT2D eigenvalue weighted by atomic mass is 9.83. The number of hydrogen-bond acceptors (Lipinski definition) is 2. The average molecular weight is 252 g/mol. The molecule has 2 rings (SSSR count). The number of piperidine rings is 1. The van der Waals surface area contributed by atoms with Crippen molar-refractivity contribution in [2.24, 2.45) is 11.8 Å². The third-order valence-corrected chi connectivity index (χ3v) is 4.56. The summed E-state index contributed by atoms with van der Waals surface area (Å²) in [5.74, 6) is 1.42. The average Bonchev–Trinajstić information content (AvgIpc) is 2.42. The van der Waals surface area contributed by atoms with E-state index in [1.807, 2.05) is 0 Å². The molecule has 18 heavy (non-hydrogen) atoms. The van der Waals surface area contributed by atoms with Crippen molar-refractivity contribution in [2.45, 2.75) is 64.3 Å². The van der Waals surface area contributed by atoms with Crippen LogP contribution in [0.1, 0.15) is 58.3 Å². The van der Waals surface area contributed by atoms with Gasteiger partial charge in [-0.2, -0.15) is 0 Å². The highest BCUT2D eigenvalue weighted by molar-refractivity contribution is 5.79. The lowest BCUT2D eigenvalue weighted by Gasteiger charge is -2.31. The van der Waals surface area contributed by atoms with Gasteiger partial charge in [0.1, 0.15) is 0 Å². The summed E-state index contributed by atoms with van der Waals surface area (Å²) in [5, 5.41) is 6.59. The van der Waals surface area contributed by atoms with E-state index in [9.17, 15) is 4.79 Å². The minimum absolute atomic E-state index is 0.215. The molecule has 1 amide bonds. The molecular weight excluding hydrogens is 224 g/mol. The van der Waals surface area contributed by atoms with Gasteiger partial charge in [-0.3, -0.25) is 4.79 Å². The van der Waals surface area contributed by atoms with Crippen LogP contribution < -0.4 is 10.6 Å². The Labute approximate surface area is 111 Å². The van der Waals surface area contributed by atoms with Gasteiger partial charge in [-0.15, -0.1) is 0 Å². The fourth-order valence-corrected chi connectivity index (χ4v) is 3.40. The lowest BCUT2D eigenvalue weighted by molar-refractivity contribution is -0.126. The molecule has 1 saturated heterocycles. The van der Waals surface area contributed by atoms with Crippen LogP contribution in [0.5, 0.6) is 0 Å². The maximum Gasteiger partial charge on any atom is 0.224 e. The zero-order chi connectivity index (χ0) is 12.8. The predicted molar refractivity (Wildman–Crippen MR) is 74.4 cm³/mol. The minimum atomic E-state index is 0.215. The molecule has 0 unspecified atom stereocenters. The predicted octanol–water partition coefficient (Wildman–Crippen LogP) is 2.46. The van der Waals surface area contributed by atoms with Crippen LogP contribution in [0.25, 0.3) is 0 Å². The van der Waals surface area contributed by atoms with E-state index in [-0.39, 0.29) is 5.92 Å². The monoisotopic (exact) mass is 252 g/mol. The summed E-state index contributed by atoms with van der Waals surface area (Å²) in [6, 6.07) is 0.451. The first kappa shape index (κ1) is 13.9. The number of carbonyl (C=O) groups is 1. The van der Waals surface area contributed by atoms with Gasteiger partial charge < -0.3 is 10.6 Å². The van der Waals surface area contributed by atoms with Crippen LogP contribution in [-0.4, -0.2) is 25.0 Å². The molecule has 3 nitrogen and oxygen atoms in total. The third kappa shape index (κ3) is 3.98. The van der Waals surface area contributed by atoms with E-state index in [2.05, 4.69) is 17.6 Å². The quantitative estimate of drug-likeness (QED) is 0.807. The van der Waals surface area contributed by atoms with Crippen LogP contribution in [0, 0.1) is 11.8 Å². The number of amides is 1. The van der Waals surface area contributed by atoms with Crippen molar-refractivity contribution >= 4 is 5.91 Å². The van der Waals surface area contributed by atoms with Crippen molar-refractivity contribution < 1.29 is 4.79 Å². The van der Waals surface area contributed by atoms with Gasteiger partial charge in [0.25, 0.3) is 0 Å². The van der Waals surface area contributed by atoms with Crippen molar-refractivity contribution in [3.05, 3.63) is 0 Å². The highest BCUT2D eigenvalue weighted by Gasteiger charge is 2.26. The zero-order valence-corrected chi connectivity index (χ0v) is 11.7. The van der Waals surface area contributed by atoms with Crippen LogP contribution in [0.4, 0.5) is 0 Å². The molecule has 2 fully saturated rings. The van der Waals surface area contributed by atoms with Gasteiger partial charge in [0.05, 0.1) is 5.92 Å². The minimum Gasteiger partial charge on any atom is -0.353 e. The molecular formula is C15H28N2O. The highest BCUT2D eigenvalue weighted by atomic mass is 16.2. The fraction of sp³-hybridized carbons (Fsp3) is 0.933. The fourth-order valence-electron chi connectivity index (χ4n) is 3.40. The molecule has 104 valence electrons. The second-order valence-electron chi connectivity index (χ2n) is 6.06. The standard InChI is InChI=1S/C15H28N2O/c1-2-4-12-6-8-14(9-7-12)17-15(18)13-5-3-10-16-11-13/h12-14,16H,2-11H2,1H3,(H,17,18)/t12?,13-,14?/m1/s1. The Morgan fingerprint density at radius 3 is 2.61 bits per heavy atom. The summed E-state index contributed by atoms with van der Waals surface area (Å²) in [5.41, 5.74) is 0. The van der Waals surface area contributed by atoms with Crippen molar-refractivity contribution in [1.29, 1.82) is 0 Å². The first-order chi connectivity index (χ1) is 8.79. The van der Waals surface area contributed by atoms with Crippen LogP contribution in [0.2, 0.25) is 0 Å². The smallest absolute Gasteiger partial charge is 0.224 e. The van der Waals surface area contributed by atoms with Crippen molar-refractivity contribution in [1.82, 2.24) is 10.6 Å². The molecule has 1 heterocycles. The van der Waals surface area contributed by atoms with Gasteiger partial charge in [0.15, 0.2) is 0 Å². The van der Waals surface area contributed by atoms with Crippen molar-refractivity contribution in [2.75, 3.05) is 13.1 Å². The molecule has 1 saturated carbocycles. The van der Waals surface area contributed by atoms with E-state index in [4.69, 9.17) is 0 Å². The van der Waals surface area contributed by atoms with E-state index in [1.165, 1.54) is 38.5 Å². The molecule has 2 N–H and O–H groups in total. The molecule has 0 aromatic rings. The summed E-state index contributed by atoms with van der Waals surface area (Å²) in [6.07, 6.45) is 9.87. The number of carbonyl (C=O) groups excluding carboxylic acids is 1. The van der Waals surface area contributed by atoms with Crippen LogP contribution in [0.15, 0.2) is 0 Å². The van der Waals surface area contributed by atoms with Crippen LogP contribution in [-0.2, 0) is 4.79 Å². The first-order valence-electron chi connectivity index (χ1n) is 7.80. The van der Waals surface area contributed by atoms with E-state index in [0.29, 0.717) is 11.9 Å². The molecule has 0 aromatic heterocycles. The molecule has 0 aromatic carbocycles. The molecule has 0 spiro atoms. The van der Waals surface area contributed by atoms with Gasteiger partial charge >= 0.3 is 0 Å². The van der Waals surface area contributed by atoms with Gasteiger partial charge in [0, 0.05) is 12.6 Å². The second kappa shape index (κ2) is 7.13. The lowest BCUT2D eigenvalue weighted by Crippen LogP contribution is -2.45. The number of rotatable bonds is 4. The normalized spacial score (nSPS) is 33.1. The molecule has 3 heteroatoms. The molecule has 0 bridgehead atoms. The van der Waals surface area contributed by atoms with E-state index in [1.54, 1.807) is 0 Å². The SMILES string of the molecule is CCCC1CCC(NC(=O)[C@@H]2CCCNC2)CC1. The Morgan fingerprint density at radius 1 is 1.22 bits per heavy atom. The first-order valence-corrected chi connectivity index (χ1v) is 7.80. The Balaban J connectivity index is 1.68. The molecule has 0 radical (unpaired) electrons. The van der Waals surface area contributed by atoms with Gasteiger partial charge in [-0.25, -0.2) is 0 Å². The summed E-state index contributed by atoms with van der Waals surface area (Å²) in [4.78, 5) is 12.1. The van der Waals surface area contributed by atoms with Crippen LogP contribution in [0.3, 0.4) is 0 Å². The van der Waals surface area contributed by atoms with Crippen molar-refractivity contribution in [3.8, 4) is 0 Å². The van der Waals surface area contributed by atoms with E-state index in [0.717, 1.165) is 31.8 Å². The highest BCUT2D eigenvalue weighted by Crippen LogP contribution is 2.28. The summed E-state index contributed by atoms with van der Waals surface area (Å²) in [6.45, 7) is 4.22.